The van der Waals surface area contributed by atoms with E-state index in [1.165, 1.54) is 44.9 Å². The summed E-state index contributed by atoms with van der Waals surface area (Å²) in [7, 11) is 2.14. The van der Waals surface area contributed by atoms with Gasteiger partial charge >= 0.3 is 0 Å². The molecule has 0 aromatic rings. The quantitative estimate of drug-likeness (QED) is 0.833. The van der Waals surface area contributed by atoms with Crippen LogP contribution in [0.5, 0.6) is 0 Å². The first-order valence-electron chi connectivity index (χ1n) is 7.96. The van der Waals surface area contributed by atoms with E-state index in [1.54, 1.807) is 0 Å². The largest absolute Gasteiger partial charge is 0.342 e. The molecule has 1 N–H and O–H groups in total. The second kappa shape index (κ2) is 5.80. The number of hydrogen-bond donors (Lipinski definition) is 1. The Morgan fingerprint density at radius 2 is 1.79 bits per heavy atom. The highest BCUT2D eigenvalue weighted by atomic mass is 16.2. The minimum atomic E-state index is 0.341. The van der Waals surface area contributed by atoms with E-state index in [4.69, 9.17) is 0 Å². The van der Waals surface area contributed by atoms with E-state index in [0.29, 0.717) is 30.6 Å². The van der Waals surface area contributed by atoms with Crippen LogP contribution in [0.2, 0.25) is 0 Å². The van der Waals surface area contributed by atoms with Gasteiger partial charge < -0.3 is 10.2 Å². The Morgan fingerprint density at radius 1 is 1.16 bits per heavy atom. The third kappa shape index (κ3) is 3.11. The fourth-order valence-electron chi connectivity index (χ4n) is 3.97. The summed E-state index contributed by atoms with van der Waals surface area (Å²) in [5, 5.41) is 3.67. The van der Waals surface area contributed by atoms with Crippen LogP contribution in [-0.4, -0.2) is 60.5 Å². The summed E-state index contributed by atoms with van der Waals surface area (Å²) in [4.78, 5) is 16.7. The minimum Gasteiger partial charge on any atom is -0.342 e. The number of nitrogens with zero attached hydrogens (tertiary/aromatic N) is 2. The fourth-order valence-corrected chi connectivity index (χ4v) is 3.97. The van der Waals surface area contributed by atoms with Gasteiger partial charge in [0.15, 0.2) is 0 Å². The number of fused-ring (bicyclic) bond motifs is 2. The van der Waals surface area contributed by atoms with Gasteiger partial charge in [0, 0.05) is 31.2 Å². The van der Waals surface area contributed by atoms with Gasteiger partial charge in [-0.3, -0.25) is 9.69 Å². The molecule has 0 aliphatic carbocycles. The zero-order chi connectivity index (χ0) is 13.2. The van der Waals surface area contributed by atoms with Crippen molar-refractivity contribution in [1.82, 2.24) is 15.1 Å². The highest BCUT2D eigenvalue weighted by Crippen LogP contribution is 2.29. The molecule has 4 nitrogen and oxygen atoms in total. The number of amides is 1. The topological polar surface area (TPSA) is 35.6 Å². The number of nitrogens with one attached hydrogen (secondary N) is 1. The predicted molar refractivity (Wildman–Crippen MR) is 76.0 cm³/mol. The molecular weight excluding hydrogens is 238 g/mol. The summed E-state index contributed by atoms with van der Waals surface area (Å²) in [6.07, 6.45) is 8.77. The average molecular weight is 265 g/mol. The summed E-state index contributed by atoms with van der Waals surface area (Å²) >= 11 is 0. The third-order valence-corrected chi connectivity index (χ3v) is 5.16. The molecule has 0 radical (unpaired) electrons. The fraction of sp³-hybridized carbons (Fsp3) is 0.933. The average Bonchev–Trinajstić information content (AvgIpc) is 2.78. The maximum Gasteiger partial charge on any atom is 0.236 e. The number of piperidine rings is 2. The summed E-state index contributed by atoms with van der Waals surface area (Å²) in [5.74, 6) is 0.341. The predicted octanol–water partition coefficient (Wildman–Crippen LogP) is 1.21. The van der Waals surface area contributed by atoms with Crippen molar-refractivity contribution in [3.63, 3.8) is 0 Å². The summed E-state index contributed by atoms with van der Waals surface area (Å²) in [6, 6.07) is 2.01. The lowest BCUT2D eigenvalue weighted by molar-refractivity contribution is -0.133. The van der Waals surface area contributed by atoms with Crippen molar-refractivity contribution in [1.29, 1.82) is 0 Å². The van der Waals surface area contributed by atoms with Crippen LogP contribution in [-0.2, 0) is 4.79 Å². The molecule has 19 heavy (non-hydrogen) atoms. The van der Waals surface area contributed by atoms with E-state index >= 15 is 0 Å². The highest BCUT2D eigenvalue weighted by molar-refractivity contribution is 5.78. The molecule has 3 saturated heterocycles. The van der Waals surface area contributed by atoms with E-state index in [-0.39, 0.29) is 0 Å². The maximum absolute atomic E-state index is 12.3. The molecule has 0 aromatic heterocycles. The highest BCUT2D eigenvalue weighted by Gasteiger charge is 2.35. The molecule has 0 saturated carbocycles. The lowest BCUT2D eigenvalue weighted by Gasteiger charge is -2.36. The Labute approximate surface area is 116 Å². The Hall–Kier alpha value is -0.610. The molecule has 3 rings (SSSR count). The van der Waals surface area contributed by atoms with Gasteiger partial charge in [-0.25, -0.2) is 0 Å². The van der Waals surface area contributed by atoms with E-state index in [9.17, 15) is 4.79 Å². The standard InChI is InChI=1S/C15H27N3O/c1-17(11-15(19)18-7-3-2-4-8-18)14-9-12-5-6-13(10-14)16-12/h12-14,16H,2-11H2,1H3. The van der Waals surface area contributed by atoms with Gasteiger partial charge in [-0.05, 0) is 52.0 Å². The molecule has 2 bridgehead atoms. The van der Waals surface area contributed by atoms with Gasteiger partial charge in [0.25, 0.3) is 0 Å². The summed E-state index contributed by atoms with van der Waals surface area (Å²) < 4.78 is 0. The Bertz CT molecular complexity index is 315. The Balaban J connectivity index is 1.50. The number of likely N-dealkylation sites (N-methyl/N-ethyl adjacent to an activating group) is 1. The lowest BCUT2D eigenvalue weighted by Crippen LogP contribution is -2.50. The van der Waals surface area contributed by atoms with Crippen molar-refractivity contribution < 1.29 is 4.79 Å². The molecular formula is C15H27N3O. The van der Waals surface area contributed by atoms with E-state index in [1.807, 2.05) is 0 Å². The smallest absolute Gasteiger partial charge is 0.236 e. The van der Waals surface area contributed by atoms with Gasteiger partial charge in [0.05, 0.1) is 6.54 Å². The normalized spacial score (nSPS) is 34.8. The second-order valence-corrected chi connectivity index (χ2v) is 6.62. The zero-order valence-electron chi connectivity index (χ0n) is 12.1. The number of likely N-dealkylation sites (tertiary alicyclic amines) is 1. The molecule has 2 unspecified atom stereocenters. The number of hydrogen-bond acceptors (Lipinski definition) is 3. The molecule has 108 valence electrons. The molecule has 3 heterocycles. The molecule has 3 aliphatic heterocycles. The van der Waals surface area contributed by atoms with Crippen LogP contribution in [0.1, 0.15) is 44.9 Å². The lowest BCUT2D eigenvalue weighted by atomic mass is 9.98. The molecule has 3 aliphatic rings. The monoisotopic (exact) mass is 265 g/mol. The van der Waals surface area contributed by atoms with Gasteiger partial charge in [-0.15, -0.1) is 0 Å². The van der Waals surface area contributed by atoms with Crippen molar-refractivity contribution in [2.75, 3.05) is 26.7 Å². The van der Waals surface area contributed by atoms with Crippen LogP contribution in [0, 0.1) is 0 Å². The first kappa shape index (κ1) is 13.4. The van der Waals surface area contributed by atoms with Gasteiger partial charge in [0.2, 0.25) is 5.91 Å². The van der Waals surface area contributed by atoms with E-state index in [0.717, 1.165) is 13.1 Å². The van der Waals surface area contributed by atoms with Crippen molar-refractivity contribution in [2.24, 2.45) is 0 Å². The van der Waals surface area contributed by atoms with Crippen molar-refractivity contribution >= 4 is 5.91 Å². The molecule has 1 amide bonds. The molecule has 0 spiro atoms. The van der Waals surface area contributed by atoms with Crippen LogP contribution in [0.4, 0.5) is 0 Å². The van der Waals surface area contributed by atoms with Crippen LogP contribution >= 0.6 is 0 Å². The zero-order valence-corrected chi connectivity index (χ0v) is 12.1. The second-order valence-electron chi connectivity index (χ2n) is 6.62. The van der Waals surface area contributed by atoms with Gasteiger partial charge in [-0.1, -0.05) is 0 Å². The number of rotatable bonds is 3. The van der Waals surface area contributed by atoms with Gasteiger partial charge in [0.1, 0.15) is 0 Å². The van der Waals surface area contributed by atoms with Crippen LogP contribution in [0.25, 0.3) is 0 Å². The van der Waals surface area contributed by atoms with Crippen molar-refractivity contribution in [3.8, 4) is 0 Å². The first-order valence-corrected chi connectivity index (χ1v) is 7.96. The van der Waals surface area contributed by atoms with E-state index < -0.39 is 0 Å². The molecule has 3 fully saturated rings. The van der Waals surface area contributed by atoms with Crippen molar-refractivity contribution in [3.05, 3.63) is 0 Å². The first-order chi connectivity index (χ1) is 9.22. The number of carbonyl (C=O) groups is 1. The summed E-state index contributed by atoms with van der Waals surface area (Å²) in [6.45, 7) is 2.57. The molecule has 2 atom stereocenters. The van der Waals surface area contributed by atoms with Crippen molar-refractivity contribution in [2.45, 2.75) is 63.1 Å². The Morgan fingerprint density at radius 3 is 2.42 bits per heavy atom. The van der Waals surface area contributed by atoms with Crippen LogP contribution in [0.3, 0.4) is 0 Å². The molecule has 0 aromatic carbocycles. The Kier molecular flexibility index (Phi) is 4.08. The minimum absolute atomic E-state index is 0.341. The molecule has 4 heteroatoms. The van der Waals surface area contributed by atoms with Crippen LogP contribution in [0.15, 0.2) is 0 Å². The summed E-state index contributed by atoms with van der Waals surface area (Å²) in [5.41, 5.74) is 0. The maximum atomic E-state index is 12.3. The SMILES string of the molecule is CN(CC(=O)N1CCCCC1)C1CC2CCC(C1)N2. The van der Waals surface area contributed by atoms with Gasteiger partial charge in [-0.2, -0.15) is 0 Å². The third-order valence-electron chi connectivity index (χ3n) is 5.16. The van der Waals surface area contributed by atoms with Crippen LogP contribution < -0.4 is 5.32 Å². The number of carbonyl (C=O) groups excluding carboxylic acids is 1. The van der Waals surface area contributed by atoms with E-state index in [2.05, 4.69) is 22.2 Å².